The van der Waals surface area contributed by atoms with Crippen LogP contribution in [-0.2, 0) is 0 Å². The molecule has 3 rings (SSSR count). The molecule has 0 saturated heterocycles. The molecule has 0 aliphatic carbocycles. The molecule has 0 amide bonds. The average molecular weight is 303 g/mol. The molecule has 100 valence electrons. The molecule has 3 aromatic rings. The molecule has 1 N–H and O–H groups in total. The van der Waals surface area contributed by atoms with Crippen LogP contribution in [-0.4, -0.2) is 12.0 Å². The minimum Gasteiger partial charge on any atom is -0.387 e. The molecule has 2 nitrogen and oxygen atoms in total. The van der Waals surface area contributed by atoms with Crippen molar-refractivity contribution in [2.75, 3.05) is 12.4 Å². The first-order valence-electron chi connectivity index (χ1n) is 6.22. The molecule has 0 atom stereocenters. The number of nitrogens with zero attached hydrogens (tertiary/aromatic N) is 1. The molecule has 0 spiro atoms. The molecule has 0 saturated carbocycles. The molecule has 0 fully saturated rings. The summed E-state index contributed by atoms with van der Waals surface area (Å²) in [6.07, 6.45) is 0. The number of benzene rings is 2. The van der Waals surface area contributed by atoms with Crippen LogP contribution in [0.4, 0.5) is 5.69 Å². The number of fused-ring (bicyclic) bond motifs is 1. The molecule has 4 heteroatoms. The fourth-order valence-corrected chi connectivity index (χ4v) is 2.82. The second-order valence-electron chi connectivity index (χ2n) is 4.45. The van der Waals surface area contributed by atoms with Gasteiger partial charge in [0.25, 0.3) is 0 Å². The minimum absolute atomic E-state index is 0.585. The molecule has 0 radical (unpaired) electrons. The van der Waals surface area contributed by atoms with Crippen molar-refractivity contribution in [2.24, 2.45) is 0 Å². The normalized spacial score (nSPS) is 10.8. The summed E-state index contributed by atoms with van der Waals surface area (Å²) in [6, 6.07) is 15.6. The largest absolute Gasteiger partial charge is 0.387 e. The number of aromatic nitrogens is 1. The molecule has 1 aromatic heterocycles. The first kappa shape index (κ1) is 13.2. The Labute approximate surface area is 127 Å². The van der Waals surface area contributed by atoms with Crippen LogP contribution >= 0.6 is 23.2 Å². The van der Waals surface area contributed by atoms with Gasteiger partial charge in [-0.1, -0.05) is 53.5 Å². The fourth-order valence-electron chi connectivity index (χ4n) is 2.24. The maximum absolute atomic E-state index is 6.28. The van der Waals surface area contributed by atoms with Gasteiger partial charge in [0.1, 0.15) is 0 Å². The Bertz CT molecular complexity index is 770. The van der Waals surface area contributed by atoms with Crippen molar-refractivity contribution in [3.05, 3.63) is 58.6 Å². The summed E-state index contributed by atoms with van der Waals surface area (Å²) < 4.78 is 0. The van der Waals surface area contributed by atoms with Gasteiger partial charge >= 0.3 is 0 Å². The van der Waals surface area contributed by atoms with E-state index in [-0.39, 0.29) is 0 Å². The van der Waals surface area contributed by atoms with Gasteiger partial charge in [0, 0.05) is 28.7 Å². The van der Waals surface area contributed by atoms with Gasteiger partial charge in [-0.2, -0.15) is 0 Å². The van der Waals surface area contributed by atoms with Crippen molar-refractivity contribution in [3.8, 4) is 11.3 Å². The number of hydrogen-bond acceptors (Lipinski definition) is 2. The van der Waals surface area contributed by atoms with Crippen LogP contribution in [0, 0.1) is 0 Å². The average Bonchev–Trinajstić information content (AvgIpc) is 2.46. The quantitative estimate of drug-likeness (QED) is 0.699. The SMILES string of the molecule is CNc1cc(-c2ccccc2)nc2cc(Cl)cc(Cl)c12. The molecule has 0 aliphatic rings. The summed E-state index contributed by atoms with van der Waals surface area (Å²) in [5.41, 5.74) is 3.67. The van der Waals surface area contributed by atoms with E-state index in [1.807, 2.05) is 49.5 Å². The van der Waals surface area contributed by atoms with Crippen molar-refractivity contribution >= 4 is 39.8 Å². The van der Waals surface area contributed by atoms with Crippen molar-refractivity contribution in [2.45, 2.75) is 0 Å². The van der Waals surface area contributed by atoms with Crippen LogP contribution in [0.3, 0.4) is 0 Å². The van der Waals surface area contributed by atoms with Gasteiger partial charge in [-0.25, -0.2) is 4.98 Å². The van der Waals surface area contributed by atoms with E-state index in [9.17, 15) is 0 Å². The Hall–Kier alpha value is -1.77. The number of anilines is 1. The zero-order valence-corrected chi connectivity index (χ0v) is 12.3. The van der Waals surface area contributed by atoms with Crippen molar-refractivity contribution in [1.29, 1.82) is 0 Å². The molecule has 0 bridgehead atoms. The standard InChI is InChI=1S/C16H12Cl2N2/c1-19-14-9-13(10-5-3-2-4-6-10)20-15-8-11(17)7-12(18)16(14)15/h2-9H,1H3,(H,19,20). The van der Waals surface area contributed by atoms with Crippen LogP contribution in [0.25, 0.3) is 22.2 Å². The first-order chi connectivity index (χ1) is 9.69. The summed E-state index contributed by atoms with van der Waals surface area (Å²) in [4.78, 5) is 4.67. The van der Waals surface area contributed by atoms with E-state index in [2.05, 4.69) is 10.3 Å². The van der Waals surface area contributed by atoms with Crippen LogP contribution in [0.1, 0.15) is 0 Å². The topological polar surface area (TPSA) is 24.9 Å². The molecule has 0 unspecified atom stereocenters. The van der Waals surface area contributed by atoms with E-state index in [4.69, 9.17) is 23.2 Å². The Morgan fingerprint density at radius 2 is 1.75 bits per heavy atom. The lowest BCUT2D eigenvalue weighted by Crippen LogP contribution is -1.94. The second kappa shape index (κ2) is 5.31. The third kappa shape index (κ3) is 2.33. The zero-order chi connectivity index (χ0) is 14.1. The van der Waals surface area contributed by atoms with Crippen molar-refractivity contribution in [3.63, 3.8) is 0 Å². The minimum atomic E-state index is 0.585. The Kier molecular flexibility index (Phi) is 3.51. The summed E-state index contributed by atoms with van der Waals surface area (Å²) >= 11 is 12.4. The highest BCUT2D eigenvalue weighted by molar-refractivity contribution is 6.39. The number of pyridine rings is 1. The number of halogens is 2. The number of rotatable bonds is 2. The lowest BCUT2D eigenvalue weighted by Gasteiger charge is -2.11. The smallest absolute Gasteiger partial charge is 0.0760 e. The maximum Gasteiger partial charge on any atom is 0.0760 e. The highest BCUT2D eigenvalue weighted by Crippen LogP contribution is 2.34. The molecular formula is C16H12Cl2N2. The van der Waals surface area contributed by atoms with Gasteiger partial charge in [0.2, 0.25) is 0 Å². The summed E-state index contributed by atoms with van der Waals surface area (Å²) in [6.45, 7) is 0. The van der Waals surface area contributed by atoms with E-state index in [1.165, 1.54) is 0 Å². The third-order valence-electron chi connectivity index (χ3n) is 3.16. The zero-order valence-electron chi connectivity index (χ0n) is 10.8. The molecule has 1 heterocycles. The van der Waals surface area contributed by atoms with Crippen LogP contribution in [0.5, 0.6) is 0 Å². The van der Waals surface area contributed by atoms with E-state index in [0.717, 1.165) is 27.8 Å². The molecule has 20 heavy (non-hydrogen) atoms. The van der Waals surface area contributed by atoms with Gasteiger partial charge in [-0.15, -0.1) is 0 Å². The predicted octanol–water partition coefficient (Wildman–Crippen LogP) is 5.25. The highest BCUT2D eigenvalue weighted by atomic mass is 35.5. The van der Waals surface area contributed by atoms with Gasteiger partial charge in [-0.05, 0) is 18.2 Å². The van der Waals surface area contributed by atoms with Crippen LogP contribution in [0.15, 0.2) is 48.5 Å². The summed E-state index contributed by atoms with van der Waals surface area (Å²) in [5, 5.41) is 5.25. The number of hydrogen-bond donors (Lipinski definition) is 1. The summed E-state index contributed by atoms with van der Waals surface area (Å²) in [5.74, 6) is 0. The van der Waals surface area contributed by atoms with Gasteiger partial charge in [0.15, 0.2) is 0 Å². The fraction of sp³-hybridized carbons (Fsp3) is 0.0625. The van der Waals surface area contributed by atoms with Crippen molar-refractivity contribution in [1.82, 2.24) is 4.98 Å². The van der Waals surface area contributed by atoms with Gasteiger partial charge < -0.3 is 5.32 Å². The van der Waals surface area contributed by atoms with E-state index < -0.39 is 0 Å². The predicted molar refractivity (Wildman–Crippen MR) is 86.7 cm³/mol. The van der Waals surface area contributed by atoms with Gasteiger partial charge in [0.05, 0.1) is 16.2 Å². The van der Waals surface area contributed by atoms with Crippen molar-refractivity contribution < 1.29 is 0 Å². The first-order valence-corrected chi connectivity index (χ1v) is 6.97. The second-order valence-corrected chi connectivity index (χ2v) is 5.30. The Morgan fingerprint density at radius 1 is 1.00 bits per heavy atom. The monoisotopic (exact) mass is 302 g/mol. The van der Waals surface area contributed by atoms with E-state index >= 15 is 0 Å². The van der Waals surface area contributed by atoms with Crippen LogP contribution in [0.2, 0.25) is 10.0 Å². The maximum atomic E-state index is 6.28. The molecule has 0 aliphatic heterocycles. The van der Waals surface area contributed by atoms with Gasteiger partial charge in [-0.3, -0.25) is 0 Å². The number of nitrogens with one attached hydrogen (secondary N) is 1. The summed E-state index contributed by atoms with van der Waals surface area (Å²) in [7, 11) is 1.87. The Balaban J connectivity index is 2.32. The highest BCUT2D eigenvalue weighted by Gasteiger charge is 2.10. The third-order valence-corrected chi connectivity index (χ3v) is 3.68. The molecular weight excluding hydrogens is 291 g/mol. The lowest BCUT2D eigenvalue weighted by atomic mass is 10.1. The Morgan fingerprint density at radius 3 is 2.45 bits per heavy atom. The lowest BCUT2D eigenvalue weighted by molar-refractivity contribution is 1.38. The molecule has 2 aromatic carbocycles. The van der Waals surface area contributed by atoms with E-state index in [1.54, 1.807) is 6.07 Å². The van der Waals surface area contributed by atoms with E-state index in [0.29, 0.717) is 10.0 Å². The van der Waals surface area contributed by atoms with Crippen LogP contribution < -0.4 is 5.32 Å².